The smallest absolute Gasteiger partial charge is 0.354 e. The van der Waals surface area contributed by atoms with E-state index in [0.29, 0.717) is 0 Å². The van der Waals surface area contributed by atoms with Gasteiger partial charge in [-0.15, -0.1) is 0 Å². The summed E-state index contributed by atoms with van der Waals surface area (Å²) in [6, 6.07) is 4.76. The lowest BCUT2D eigenvalue weighted by Gasteiger charge is -1.98. The van der Waals surface area contributed by atoms with Crippen LogP contribution in [0.4, 0.5) is 0 Å². The molecule has 0 radical (unpaired) electrons. The summed E-state index contributed by atoms with van der Waals surface area (Å²) in [6.45, 7) is 0. The summed E-state index contributed by atoms with van der Waals surface area (Å²) in [5, 5.41) is 16.9. The molecule has 1 aliphatic heterocycles. The molecule has 17 heavy (non-hydrogen) atoms. The molecule has 1 saturated heterocycles. The Kier molecular flexibility index (Phi) is 4.29. The summed E-state index contributed by atoms with van der Waals surface area (Å²) in [6.07, 6.45) is 1.74. The number of nitrogens with zero attached hydrogens (tertiary/aromatic N) is 2. The average Bonchev–Trinajstić information content (AvgIpc) is 2.62. The Balaban J connectivity index is 0.000000171. The highest BCUT2D eigenvalue weighted by molar-refractivity contribution is 6.00. The molecule has 0 spiro atoms. The zero-order valence-electron chi connectivity index (χ0n) is 8.74. The third-order valence-corrected chi connectivity index (χ3v) is 1.91. The summed E-state index contributed by atoms with van der Waals surface area (Å²) in [5.41, 5.74) is 0.0810. The number of carboxylic acid groups (broad SMARTS) is 1. The van der Waals surface area contributed by atoms with Crippen LogP contribution in [-0.2, 0) is 9.59 Å². The van der Waals surface area contributed by atoms with E-state index in [1.807, 2.05) is 0 Å². The lowest BCUT2D eigenvalue weighted by Crippen LogP contribution is -2.24. The number of rotatable bonds is 1. The molecule has 2 amide bonds. The Morgan fingerprint density at radius 2 is 1.82 bits per heavy atom. The Morgan fingerprint density at radius 3 is 2.06 bits per heavy atom. The van der Waals surface area contributed by atoms with E-state index in [1.54, 1.807) is 12.1 Å². The van der Waals surface area contributed by atoms with Crippen LogP contribution in [0.5, 0.6) is 0 Å². The van der Waals surface area contributed by atoms with Crippen LogP contribution in [0.3, 0.4) is 0 Å². The minimum atomic E-state index is -0.990. The first-order valence-electron chi connectivity index (χ1n) is 4.71. The van der Waals surface area contributed by atoms with Crippen molar-refractivity contribution < 1.29 is 24.7 Å². The van der Waals surface area contributed by atoms with E-state index in [2.05, 4.69) is 4.98 Å². The van der Waals surface area contributed by atoms with Crippen molar-refractivity contribution in [3.05, 3.63) is 30.1 Å². The monoisotopic (exact) mass is 238 g/mol. The quantitative estimate of drug-likeness (QED) is 0.538. The van der Waals surface area contributed by atoms with E-state index >= 15 is 0 Å². The summed E-state index contributed by atoms with van der Waals surface area (Å²) < 4.78 is 0. The maximum absolute atomic E-state index is 10.2. The summed E-state index contributed by atoms with van der Waals surface area (Å²) >= 11 is 0. The fraction of sp³-hybridized carbons (Fsp3) is 0.200. The molecule has 2 N–H and O–H groups in total. The fourth-order valence-electron chi connectivity index (χ4n) is 1.05. The number of amides is 2. The van der Waals surface area contributed by atoms with Crippen LogP contribution in [0.25, 0.3) is 0 Å². The fourth-order valence-corrected chi connectivity index (χ4v) is 1.05. The van der Waals surface area contributed by atoms with Crippen LogP contribution < -0.4 is 0 Å². The van der Waals surface area contributed by atoms with Crippen LogP contribution in [0.1, 0.15) is 23.3 Å². The molecular weight excluding hydrogens is 228 g/mol. The molecule has 1 fully saturated rings. The maximum atomic E-state index is 10.2. The van der Waals surface area contributed by atoms with Gasteiger partial charge in [-0.3, -0.25) is 14.8 Å². The van der Waals surface area contributed by atoms with Crippen LogP contribution in [0.2, 0.25) is 0 Å². The first-order chi connectivity index (χ1) is 8.02. The van der Waals surface area contributed by atoms with E-state index in [4.69, 9.17) is 10.3 Å². The summed E-state index contributed by atoms with van der Waals surface area (Å²) in [7, 11) is 0. The standard InChI is InChI=1S/C6H5NO2.C4H5NO3/c8-6(9)5-3-1-2-4-7-5;6-3-1-2-4(7)5(3)8/h1-4H,(H,8,9);8H,1-2H2. The molecule has 0 aromatic carbocycles. The molecule has 2 rings (SSSR count). The number of carboxylic acids is 1. The van der Waals surface area contributed by atoms with Crippen molar-refractivity contribution in [2.24, 2.45) is 0 Å². The highest BCUT2D eigenvalue weighted by Gasteiger charge is 2.26. The lowest BCUT2D eigenvalue weighted by atomic mass is 10.4. The van der Waals surface area contributed by atoms with Crippen molar-refractivity contribution in [2.45, 2.75) is 12.8 Å². The molecule has 90 valence electrons. The minimum Gasteiger partial charge on any atom is -0.477 e. The van der Waals surface area contributed by atoms with Gasteiger partial charge in [0.05, 0.1) is 0 Å². The maximum Gasteiger partial charge on any atom is 0.354 e. The molecule has 0 unspecified atom stereocenters. The Hall–Kier alpha value is -2.28. The number of aromatic nitrogens is 1. The summed E-state index contributed by atoms with van der Waals surface area (Å²) in [5.74, 6) is -2.00. The van der Waals surface area contributed by atoms with Crippen molar-refractivity contribution in [1.82, 2.24) is 10.0 Å². The van der Waals surface area contributed by atoms with Crippen LogP contribution in [-0.4, -0.2) is 38.1 Å². The second-order valence-electron chi connectivity index (χ2n) is 3.12. The van der Waals surface area contributed by atoms with E-state index in [0.717, 1.165) is 0 Å². The Labute approximate surface area is 96.3 Å². The third-order valence-electron chi connectivity index (χ3n) is 1.91. The van der Waals surface area contributed by atoms with Gasteiger partial charge >= 0.3 is 5.97 Å². The van der Waals surface area contributed by atoms with E-state index in [1.165, 1.54) is 12.3 Å². The Morgan fingerprint density at radius 1 is 1.24 bits per heavy atom. The van der Waals surface area contributed by atoms with Gasteiger partial charge in [-0.1, -0.05) is 6.07 Å². The van der Waals surface area contributed by atoms with Crippen LogP contribution >= 0.6 is 0 Å². The first-order valence-corrected chi connectivity index (χ1v) is 4.71. The SMILES string of the molecule is O=C(O)c1ccccn1.O=C1CCC(=O)N1O. The molecule has 0 atom stereocenters. The number of hydrogen-bond acceptors (Lipinski definition) is 5. The van der Waals surface area contributed by atoms with Crippen LogP contribution in [0.15, 0.2) is 24.4 Å². The van der Waals surface area contributed by atoms with Crippen molar-refractivity contribution >= 4 is 17.8 Å². The normalized spacial score (nSPS) is 14.3. The second-order valence-corrected chi connectivity index (χ2v) is 3.12. The molecule has 7 nitrogen and oxygen atoms in total. The topological polar surface area (TPSA) is 108 Å². The first kappa shape index (κ1) is 12.8. The van der Waals surface area contributed by atoms with Gasteiger partial charge in [0.2, 0.25) is 0 Å². The van der Waals surface area contributed by atoms with Crippen LogP contribution in [0, 0.1) is 0 Å². The van der Waals surface area contributed by atoms with Gasteiger partial charge in [-0.05, 0) is 12.1 Å². The largest absolute Gasteiger partial charge is 0.477 e. The number of imide groups is 1. The van der Waals surface area contributed by atoms with Gasteiger partial charge in [-0.2, -0.15) is 5.06 Å². The number of hydrogen-bond donors (Lipinski definition) is 2. The van der Waals surface area contributed by atoms with Gasteiger partial charge < -0.3 is 5.11 Å². The molecule has 1 aromatic heterocycles. The molecule has 1 aliphatic rings. The molecule has 2 heterocycles. The van der Waals surface area contributed by atoms with E-state index in [-0.39, 0.29) is 23.6 Å². The highest BCUT2D eigenvalue weighted by atomic mass is 16.5. The van der Waals surface area contributed by atoms with Crippen molar-refractivity contribution in [1.29, 1.82) is 0 Å². The number of aromatic carboxylic acids is 1. The summed E-state index contributed by atoms with van der Waals surface area (Å²) in [4.78, 5) is 34.2. The minimum absolute atomic E-state index is 0.0810. The molecule has 0 saturated carbocycles. The van der Waals surface area contributed by atoms with Gasteiger partial charge in [0, 0.05) is 19.0 Å². The Bertz CT molecular complexity index is 416. The molecule has 0 aliphatic carbocycles. The number of hydroxylamine groups is 2. The van der Waals surface area contributed by atoms with Crippen molar-refractivity contribution in [2.75, 3.05) is 0 Å². The predicted molar refractivity (Wildman–Crippen MR) is 54.1 cm³/mol. The zero-order chi connectivity index (χ0) is 12.8. The van der Waals surface area contributed by atoms with Gasteiger partial charge in [-0.25, -0.2) is 9.78 Å². The lowest BCUT2D eigenvalue weighted by molar-refractivity contribution is -0.171. The average molecular weight is 238 g/mol. The molecule has 0 bridgehead atoms. The van der Waals surface area contributed by atoms with Gasteiger partial charge in [0.15, 0.2) is 0 Å². The van der Waals surface area contributed by atoms with Gasteiger partial charge in [0.1, 0.15) is 5.69 Å². The molecule has 7 heteroatoms. The van der Waals surface area contributed by atoms with Crippen molar-refractivity contribution in [3.8, 4) is 0 Å². The zero-order valence-corrected chi connectivity index (χ0v) is 8.74. The number of carbonyl (C=O) groups excluding carboxylic acids is 2. The predicted octanol–water partition coefficient (Wildman–Crippen LogP) is 0.304. The van der Waals surface area contributed by atoms with Gasteiger partial charge in [0.25, 0.3) is 11.8 Å². The number of pyridine rings is 1. The second kappa shape index (κ2) is 5.71. The highest BCUT2D eigenvalue weighted by Crippen LogP contribution is 2.07. The van der Waals surface area contributed by atoms with Crippen molar-refractivity contribution in [3.63, 3.8) is 0 Å². The van der Waals surface area contributed by atoms with E-state index in [9.17, 15) is 14.4 Å². The molecule has 1 aromatic rings. The molecular formula is C10H10N2O5. The number of carbonyl (C=O) groups is 3. The van der Waals surface area contributed by atoms with E-state index < -0.39 is 17.8 Å². The third kappa shape index (κ3) is 3.65.